The number of rotatable bonds is 8. The van der Waals surface area contributed by atoms with Crippen molar-refractivity contribution in [1.29, 1.82) is 0 Å². The number of fused-ring (bicyclic) bond motifs is 1. The van der Waals surface area contributed by atoms with Crippen molar-refractivity contribution < 1.29 is 18.7 Å². The minimum atomic E-state index is -0.401. The lowest BCUT2D eigenvalue weighted by molar-refractivity contribution is -0.117. The fourth-order valence-corrected chi connectivity index (χ4v) is 5.91. The van der Waals surface area contributed by atoms with E-state index in [4.69, 9.17) is 9.47 Å². The van der Waals surface area contributed by atoms with Gasteiger partial charge in [-0.3, -0.25) is 9.69 Å². The Hall–Kier alpha value is -3.58. The molecule has 6 nitrogen and oxygen atoms in total. The molecule has 0 spiro atoms. The largest absolute Gasteiger partial charge is 0.453 e. The van der Waals surface area contributed by atoms with Gasteiger partial charge in [-0.1, -0.05) is 43.7 Å². The molecule has 0 saturated carbocycles. The molecule has 1 saturated heterocycles. The molecule has 7 heteroatoms. The predicted octanol–water partition coefficient (Wildman–Crippen LogP) is 6.22. The van der Waals surface area contributed by atoms with Crippen molar-refractivity contribution in [2.45, 2.75) is 52.0 Å². The summed E-state index contributed by atoms with van der Waals surface area (Å²) >= 11 is 0. The minimum absolute atomic E-state index is 0.0276. The number of hydrogen-bond acceptors (Lipinski definition) is 5. The quantitative estimate of drug-likeness (QED) is 0.374. The Kier molecular flexibility index (Phi) is 7.80. The van der Waals surface area contributed by atoms with Crippen molar-refractivity contribution in [1.82, 2.24) is 4.90 Å². The summed E-state index contributed by atoms with van der Waals surface area (Å²) in [6.45, 7) is 7.26. The number of nitrogens with one attached hydrogen (secondary N) is 1. The van der Waals surface area contributed by atoms with Gasteiger partial charge in [-0.2, -0.15) is 0 Å². The molecule has 1 N–H and O–H groups in total. The van der Waals surface area contributed by atoms with E-state index in [1.165, 1.54) is 5.56 Å². The molecule has 3 aromatic carbocycles. The van der Waals surface area contributed by atoms with Crippen LogP contribution in [0.3, 0.4) is 0 Å². The summed E-state index contributed by atoms with van der Waals surface area (Å²) in [7, 11) is 4.04. The third kappa shape index (κ3) is 5.59. The van der Waals surface area contributed by atoms with Crippen molar-refractivity contribution in [3.8, 4) is 11.5 Å². The van der Waals surface area contributed by atoms with E-state index in [1.54, 1.807) is 6.07 Å². The zero-order valence-corrected chi connectivity index (χ0v) is 23.5. The number of benzene rings is 3. The highest BCUT2D eigenvalue weighted by Crippen LogP contribution is 2.44. The van der Waals surface area contributed by atoms with Crippen LogP contribution in [-0.4, -0.2) is 44.8 Å². The molecule has 0 aliphatic carbocycles. The van der Waals surface area contributed by atoms with Crippen LogP contribution in [-0.2, 0) is 17.6 Å². The smallest absolute Gasteiger partial charge is 0.238 e. The number of nitrogens with zero attached hydrogens (tertiary/aromatic N) is 2. The number of amides is 1. The molecular weight excluding hydrogens is 493 g/mol. The maximum absolute atomic E-state index is 14.8. The number of likely N-dealkylation sites (tertiary alicyclic amines) is 1. The molecular formula is C32H38FN3O3. The van der Waals surface area contributed by atoms with Crippen LogP contribution in [0.4, 0.5) is 15.8 Å². The highest BCUT2D eigenvalue weighted by atomic mass is 19.1. The topological polar surface area (TPSA) is 54.0 Å². The average molecular weight is 532 g/mol. The molecule has 0 aromatic heterocycles. The number of anilines is 2. The van der Waals surface area contributed by atoms with Crippen LogP contribution >= 0.6 is 0 Å². The van der Waals surface area contributed by atoms with Crippen LogP contribution in [0.2, 0.25) is 0 Å². The van der Waals surface area contributed by atoms with E-state index in [1.807, 2.05) is 20.2 Å². The SMILES string of the molecule is CCc1cc(C)cc(CC)c1NC(=O)CN1C[C@H](c2cc(F)c3c(c2)OCO3)C[C@@H]1c1ccc(N(C)C)cc1. The van der Waals surface area contributed by atoms with Crippen LogP contribution in [0.1, 0.15) is 60.0 Å². The Bertz CT molecular complexity index is 1330. The van der Waals surface area contributed by atoms with Crippen molar-refractivity contribution in [2.75, 3.05) is 44.2 Å². The van der Waals surface area contributed by atoms with E-state index in [9.17, 15) is 9.18 Å². The maximum atomic E-state index is 14.8. The third-order valence-electron chi connectivity index (χ3n) is 7.94. The molecule has 206 valence electrons. The number of carbonyl (C=O) groups excluding carboxylic acids is 1. The van der Waals surface area contributed by atoms with E-state index >= 15 is 0 Å². The first-order chi connectivity index (χ1) is 18.8. The Balaban J connectivity index is 1.41. The van der Waals surface area contributed by atoms with E-state index < -0.39 is 5.82 Å². The average Bonchev–Trinajstić information content (AvgIpc) is 3.57. The summed E-state index contributed by atoms with van der Waals surface area (Å²) < 4.78 is 25.5. The van der Waals surface area contributed by atoms with Gasteiger partial charge in [0.05, 0.1) is 6.54 Å². The second kappa shape index (κ2) is 11.3. The number of halogens is 1. The van der Waals surface area contributed by atoms with Crippen LogP contribution in [0.15, 0.2) is 48.5 Å². The van der Waals surface area contributed by atoms with E-state index in [0.29, 0.717) is 12.3 Å². The molecule has 0 bridgehead atoms. The zero-order valence-electron chi connectivity index (χ0n) is 23.5. The van der Waals surface area contributed by atoms with Gasteiger partial charge in [0.2, 0.25) is 18.4 Å². The Morgan fingerprint density at radius 1 is 1.03 bits per heavy atom. The Morgan fingerprint density at radius 2 is 1.72 bits per heavy atom. The monoisotopic (exact) mass is 531 g/mol. The van der Waals surface area contributed by atoms with Gasteiger partial charge in [-0.05, 0) is 78.6 Å². The van der Waals surface area contributed by atoms with Crippen molar-refractivity contribution in [2.24, 2.45) is 0 Å². The molecule has 2 atom stereocenters. The molecule has 1 fully saturated rings. The number of aryl methyl sites for hydroxylation is 3. The van der Waals surface area contributed by atoms with Crippen molar-refractivity contribution >= 4 is 17.3 Å². The fourth-order valence-electron chi connectivity index (χ4n) is 5.91. The van der Waals surface area contributed by atoms with Gasteiger partial charge in [-0.25, -0.2) is 4.39 Å². The van der Waals surface area contributed by atoms with E-state index in [0.717, 1.165) is 52.9 Å². The van der Waals surface area contributed by atoms with E-state index in [2.05, 4.69) is 72.3 Å². The summed E-state index contributed by atoms with van der Waals surface area (Å²) in [6, 6.07) is 16.3. The zero-order chi connectivity index (χ0) is 27.7. The highest BCUT2D eigenvalue weighted by Gasteiger charge is 2.36. The lowest BCUT2D eigenvalue weighted by atomic mass is 9.93. The van der Waals surface area contributed by atoms with Crippen LogP contribution in [0.5, 0.6) is 11.5 Å². The third-order valence-corrected chi connectivity index (χ3v) is 7.94. The normalized spacial score (nSPS) is 18.4. The lowest BCUT2D eigenvalue weighted by Crippen LogP contribution is -2.33. The van der Waals surface area contributed by atoms with Crippen molar-refractivity contribution in [3.63, 3.8) is 0 Å². The first kappa shape index (κ1) is 27.0. The standard InChI is InChI=1S/C32H38FN3O3/c1-6-21-12-20(3)13-22(7-2)31(21)34-30(37)18-36-17-25(24-14-27(33)32-29(16-24)38-19-39-32)15-28(36)23-8-10-26(11-9-23)35(4)5/h8-14,16,25,28H,6-7,15,17-19H2,1-5H3,(H,34,37)/t25-,28-/m1/s1. The number of hydrogen-bond donors (Lipinski definition) is 1. The lowest BCUT2D eigenvalue weighted by Gasteiger charge is -2.25. The molecule has 0 unspecified atom stereocenters. The van der Waals surface area contributed by atoms with E-state index in [-0.39, 0.29) is 37.0 Å². The van der Waals surface area contributed by atoms with Gasteiger partial charge < -0.3 is 19.7 Å². The summed E-state index contributed by atoms with van der Waals surface area (Å²) in [5.74, 6) is 0.251. The van der Waals surface area contributed by atoms with Crippen LogP contribution < -0.4 is 19.7 Å². The second-order valence-corrected chi connectivity index (χ2v) is 10.8. The first-order valence-corrected chi connectivity index (χ1v) is 13.8. The molecule has 2 aliphatic heterocycles. The Labute approximate surface area is 230 Å². The van der Waals surface area contributed by atoms with Gasteiger partial charge in [0.1, 0.15) is 0 Å². The van der Waals surface area contributed by atoms with Crippen LogP contribution in [0, 0.1) is 12.7 Å². The fraction of sp³-hybridized carbons (Fsp3) is 0.406. The maximum Gasteiger partial charge on any atom is 0.238 e. The molecule has 39 heavy (non-hydrogen) atoms. The van der Waals surface area contributed by atoms with Gasteiger partial charge in [0.15, 0.2) is 11.6 Å². The minimum Gasteiger partial charge on any atom is -0.453 e. The summed E-state index contributed by atoms with van der Waals surface area (Å²) in [5, 5.41) is 3.25. The summed E-state index contributed by atoms with van der Waals surface area (Å²) in [6.07, 6.45) is 2.48. The first-order valence-electron chi connectivity index (χ1n) is 13.8. The van der Waals surface area contributed by atoms with Crippen molar-refractivity contribution in [3.05, 3.63) is 82.2 Å². The molecule has 2 heterocycles. The Morgan fingerprint density at radius 3 is 2.36 bits per heavy atom. The molecule has 1 amide bonds. The van der Waals surface area contributed by atoms with Gasteiger partial charge in [0.25, 0.3) is 0 Å². The highest BCUT2D eigenvalue weighted by molar-refractivity contribution is 5.94. The molecule has 0 radical (unpaired) electrons. The summed E-state index contributed by atoms with van der Waals surface area (Å²) in [5.41, 5.74) is 7.61. The van der Waals surface area contributed by atoms with Gasteiger partial charge in [0, 0.05) is 38.1 Å². The molecule has 2 aliphatic rings. The predicted molar refractivity (Wildman–Crippen MR) is 154 cm³/mol. The number of ether oxygens (including phenoxy) is 2. The molecule has 5 rings (SSSR count). The van der Waals surface area contributed by atoms with Crippen LogP contribution in [0.25, 0.3) is 0 Å². The number of carbonyl (C=O) groups is 1. The molecule has 3 aromatic rings. The summed E-state index contributed by atoms with van der Waals surface area (Å²) in [4.78, 5) is 17.8. The van der Waals surface area contributed by atoms with Gasteiger partial charge in [-0.15, -0.1) is 0 Å². The second-order valence-electron chi connectivity index (χ2n) is 10.8. The van der Waals surface area contributed by atoms with Gasteiger partial charge >= 0.3 is 0 Å².